The first-order chi connectivity index (χ1) is 17.7. The smallest absolute Gasteiger partial charge is 0.251 e. The molecule has 2 aliphatic heterocycles. The Hall–Kier alpha value is -3.59. The molecule has 196 valence electrons. The minimum absolute atomic E-state index is 0.0542. The number of rotatable bonds is 8. The van der Waals surface area contributed by atoms with Crippen molar-refractivity contribution in [2.75, 3.05) is 13.1 Å². The zero-order valence-corrected chi connectivity index (χ0v) is 21.2. The van der Waals surface area contributed by atoms with Crippen LogP contribution in [0, 0.1) is 11.7 Å². The van der Waals surface area contributed by atoms with Gasteiger partial charge in [-0.1, -0.05) is 38.1 Å². The Labute approximate surface area is 216 Å². The maximum Gasteiger partial charge on any atom is 0.251 e. The lowest BCUT2D eigenvalue weighted by Crippen LogP contribution is -2.53. The summed E-state index contributed by atoms with van der Waals surface area (Å²) >= 11 is 0. The first-order valence-electron chi connectivity index (χ1n) is 12.6. The third-order valence-corrected chi connectivity index (χ3v) is 7.03. The van der Waals surface area contributed by atoms with Gasteiger partial charge in [-0.3, -0.25) is 19.2 Å². The summed E-state index contributed by atoms with van der Waals surface area (Å²) in [6.45, 7) is 4.49. The summed E-state index contributed by atoms with van der Waals surface area (Å²) in [4.78, 5) is 55.7. The molecule has 3 N–H and O–H groups in total. The van der Waals surface area contributed by atoms with Gasteiger partial charge < -0.3 is 20.9 Å². The van der Waals surface area contributed by atoms with Crippen LogP contribution in [0.4, 0.5) is 4.39 Å². The fourth-order valence-electron chi connectivity index (χ4n) is 5.24. The van der Waals surface area contributed by atoms with E-state index >= 15 is 0 Å². The second-order valence-electron chi connectivity index (χ2n) is 10.2. The Balaban J connectivity index is 1.47. The van der Waals surface area contributed by atoms with E-state index in [1.54, 1.807) is 30.3 Å². The van der Waals surface area contributed by atoms with Crippen molar-refractivity contribution < 1.29 is 23.6 Å². The number of likely N-dealkylation sites (tertiary alicyclic amines) is 2. The SMILES string of the molecule is CC(C)C[C@H](NC(=O)c1cccc(CN)c1)C(=O)N1CC[C@@H]2[C@H]1C(=O)CN2C(=O)Cc1ccc(F)cc1. The molecule has 9 heteroatoms. The van der Waals surface area contributed by atoms with Crippen LogP contribution in [0.5, 0.6) is 0 Å². The monoisotopic (exact) mass is 508 g/mol. The Morgan fingerprint density at radius 1 is 1.08 bits per heavy atom. The molecule has 3 amide bonds. The molecule has 2 aromatic carbocycles. The number of amides is 3. The normalized spacial score (nSPS) is 19.8. The minimum Gasteiger partial charge on any atom is -0.340 e. The molecular formula is C28H33FN4O4. The van der Waals surface area contributed by atoms with E-state index in [2.05, 4.69) is 5.32 Å². The molecular weight excluding hydrogens is 475 g/mol. The molecule has 4 rings (SSSR count). The quantitative estimate of drug-likeness (QED) is 0.567. The Bertz CT molecular complexity index is 1180. The number of hydrogen-bond donors (Lipinski definition) is 2. The topological polar surface area (TPSA) is 113 Å². The molecule has 37 heavy (non-hydrogen) atoms. The molecule has 0 aliphatic carbocycles. The highest BCUT2D eigenvalue weighted by molar-refractivity contribution is 6.01. The molecule has 0 unspecified atom stereocenters. The molecule has 0 aromatic heterocycles. The highest BCUT2D eigenvalue weighted by Crippen LogP contribution is 2.31. The lowest BCUT2D eigenvalue weighted by molar-refractivity contribution is -0.138. The predicted molar refractivity (Wildman–Crippen MR) is 136 cm³/mol. The zero-order chi connectivity index (χ0) is 26.7. The summed E-state index contributed by atoms with van der Waals surface area (Å²) in [5.41, 5.74) is 7.58. The summed E-state index contributed by atoms with van der Waals surface area (Å²) in [6, 6.07) is 10.7. The molecule has 2 aromatic rings. The number of carbonyl (C=O) groups excluding carboxylic acids is 4. The first kappa shape index (κ1) is 26.5. The summed E-state index contributed by atoms with van der Waals surface area (Å²) in [7, 11) is 0. The zero-order valence-electron chi connectivity index (χ0n) is 21.2. The predicted octanol–water partition coefficient (Wildman–Crippen LogP) is 2.05. The standard InChI is InChI=1S/C28H33FN4O4/c1-17(2)12-22(31-27(36)20-5-3-4-19(13-20)15-30)28(37)32-11-10-23-26(32)24(34)16-33(23)25(35)14-18-6-8-21(29)9-7-18/h3-9,13,17,22-23,26H,10-12,14-16,30H2,1-2H3,(H,31,36)/t22-,23+,26-/m0/s1. The van der Waals surface area contributed by atoms with Gasteiger partial charge in [-0.2, -0.15) is 0 Å². The molecule has 0 bridgehead atoms. The van der Waals surface area contributed by atoms with Crippen LogP contribution in [0.15, 0.2) is 48.5 Å². The van der Waals surface area contributed by atoms with Crippen molar-refractivity contribution in [2.24, 2.45) is 11.7 Å². The minimum atomic E-state index is -0.801. The fraction of sp³-hybridized carbons (Fsp3) is 0.429. The van der Waals surface area contributed by atoms with Crippen LogP contribution in [0.3, 0.4) is 0 Å². The van der Waals surface area contributed by atoms with E-state index in [4.69, 9.17) is 5.73 Å². The third-order valence-electron chi connectivity index (χ3n) is 7.03. The van der Waals surface area contributed by atoms with Gasteiger partial charge in [0.05, 0.1) is 19.0 Å². The number of fused-ring (bicyclic) bond motifs is 1. The number of Topliss-reactive ketones (excluding diaryl/α,β-unsaturated/α-hetero) is 1. The van der Waals surface area contributed by atoms with Crippen LogP contribution in [0.2, 0.25) is 0 Å². The van der Waals surface area contributed by atoms with Gasteiger partial charge >= 0.3 is 0 Å². The lowest BCUT2D eigenvalue weighted by Gasteiger charge is -2.29. The maximum atomic E-state index is 13.7. The second kappa shape index (κ2) is 11.2. The van der Waals surface area contributed by atoms with Gasteiger partial charge in [0.25, 0.3) is 5.91 Å². The summed E-state index contributed by atoms with van der Waals surface area (Å²) in [5.74, 6) is -1.37. The van der Waals surface area contributed by atoms with Gasteiger partial charge in [0, 0.05) is 18.7 Å². The molecule has 2 heterocycles. The molecule has 2 aliphatic rings. The van der Waals surface area contributed by atoms with Gasteiger partial charge in [-0.25, -0.2) is 4.39 Å². The number of halogens is 1. The van der Waals surface area contributed by atoms with Crippen LogP contribution in [-0.2, 0) is 27.3 Å². The summed E-state index contributed by atoms with van der Waals surface area (Å²) in [5, 5.41) is 2.87. The van der Waals surface area contributed by atoms with Gasteiger partial charge in [-0.05, 0) is 54.2 Å². The number of nitrogens with two attached hydrogens (primary N) is 1. The largest absolute Gasteiger partial charge is 0.340 e. The highest BCUT2D eigenvalue weighted by atomic mass is 19.1. The van der Waals surface area contributed by atoms with Crippen LogP contribution in [0.25, 0.3) is 0 Å². The number of hydrogen-bond acceptors (Lipinski definition) is 5. The van der Waals surface area contributed by atoms with E-state index in [-0.39, 0.29) is 48.2 Å². The number of nitrogens with zero attached hydrogens (tertiary/aromatic N) is 2. The maximum absolute atomic E-state index is 13.7. The van der Waals surface area contributed by atoms with E-state index in [1.807, 2.05) is 19.9 Å². The van der Waals surface area contributed by atoms with Crippen molar-refractivity contribution >= 4 is 23.5 Å². The molecule has 0 radical (unpaired) electrons. The first-order valence-corrected chi connectivity index (χ1v) is 12.6. The average molecular weight is 509 g/mol. The molecule has 8 nitrogen and oxygen atoms in total. The van der Waals surface area contributed by atoms with E-state index in [9.17, 15) is 23.6 Å². The van der Waals surface area contributed by atoms with E-state index in [1.165, 1.54) is 21.9 Å². The molecule has 2 fully saturated rings. The average Bonchev–Trinajstić information content (AvgIpc) is 3.45. The van der Waals surface area contributed by atoms with Gasteiger partial charge in [0.15, 0.2) is 5.78 Å². The van der Waals surface area contributed by atoms with Crippen LogP contribution >= 0.6 is 0 Å². The number of ketones is 1. The molecule has 3 atom stereocenters. The summed E-state index contributed by atoms with van der Waals surface area (Å²) < 4.78 is 13.2. The van der Waals surface area contributed by atoms with Crippen LogP contribution < -0.4 is 11.1 Å². The second-order valence-corrected chi connectivity index (χ2v) is 10.2. The molecule has 2 saturated heterocycles. The summed E-state index contributed by atoms with van der Waals surface area (Å²) in [6.07, 6.45) is 0.952. The van der Waals surface area contributed by atoms with Crippen molar-refractivity contribution in [3.05, 3.63) is 71.0 Å². The lowest BCUT2D eigenvalue weighted by atomic mass is 10.0. The highest BCUT2D eigenvalue weighted by Gasteiger charge is 2.52. The number of carbonyl (C=O) groups is 4. The third kappa shape index (κ3) is 5.88. The van der Waals surface area contributed by atoms with Gasteiger partial charge in [0.2, 0.25) is 11.8 Å². The Morgan fingerprint density at radius 2 is 1.81 bits per heavy atom. The molecule has 0 spiro atoms. The van der Waals surface area contributed by atoms with Crippen molar-refractivity contribution in [3.63, 3.8) is 0 Å². The van der Waals surface area contributed by atoms with Crippen molar-refractivity contribution in [2.45, 2.75) is 57.8 Å². The van der Waals surface area contributed by atoms with Gasteiger partial charge in [-0.15, -0.1) is 0 Å². The fourth-order valence-corrected chi connectivity index (χ4v) is 5.24. The Morgan fingerprint density at radius 3 is 2.49 bits per heavy atom. The van der Waals surface area contributed by atoms with Crippen LogP contribution in [0.1, 0.15) is 48.2 Å². The van der Waals surface area contributed by atoms with Crippen molar-refractivity contribution in [3.8, 4) is 0 Å². The van der Waals surface area contributed by atoms with Crippen molar-refractivity contribution in [1.82, 2.24) is 15.1 Å². The van der Waals surface area contributed by atoms with E-state index < -0.39 is 18.1 Å². The Kier molecular flexibility index (Phi) is 8.02. The van der Waals surface area contributed by atoms with Crippen LogP contribution in [-0.4, -0.2) is 64.5 Å². The number of benzene rings is 2. The van der Waals surface area contributed by atoms with Gasteiger partial charge in [0.1, 0.15) is 17.9 Å². The molecule has 0 saturated carbocycles. The van der Waals surface area contributed by atoms with Crippen molar-refractivity contribution in [1.29, 1.82) is 0 Å². The van der Waals surface area contributed by atoms with E-state index in [0.717, 1.165) is 5.56 Å². The number of nitrogens with one attached hydrogen (secondary N) is 1. The van der Waals surface area contributed by atoms with E-state index in [0.29, 0.717) is 37.1 Å².